The van der Waals surface area contributed by atoms with E-state index < -0.39 is 12.1 Å². The molecule has 0 spiro atoms. The lowest BCUT2D eigenvalue weighted by Gasteiger charge is -2.18. The molecule has 5 nitrogen and oxygen atoms in total. The third-order valence-electron chi connectivity index (χ3n) is 3.53. The van der Waals surface area contributed by atoms with Crippen molar-refractivity contribution in [1.82, 2.24) is 10.3 Å². The number of aliphatic hydroxyl groups excluding tert-OH is 1. The van der Waals surface area contributed by atoms with Crippen LogP contribution < -0.4 is 11.1 Å². The Balaban J connectivity index is 1.97. The normalized spacial score (nSPS) is 15.6. The van der Waals surface area contributed by atoms with Gasteiger partial charge in [-0.25, -0.2) is 0 Å². The zero-order valence-corrected chi connectivity index (χ0v) is 12.5. The number of aromatic amines is 1. The van der Waals surface area contributed by atoms with Crippen LogP contribution in [0.25, 0.3) is 10.9 Å². The number of nitrogens with two attached hydrogens (primary N) is 1. The maximum atomic E-state index is 12.1. The van der Waals surface area contributed by atoms with Gasteiger partial charge in [-0.1, -0.05) is 18.2 Å². The number of carbonyl (C=O) groups is 1. The average molecular weight is 289 g/mol. The molecule has 3 atom stereocenters. The Morgan fingerprint density at radius 2 is 2.10 bits per heavy atom. The Morgan fingerprint density at radius 3 is 2.81 bits per heavy atom. The fraction of sp³-hybridized carbons (Fsp3) is 0.438. The lowest BCUT2D eigenvalue weighted by atomic mass is 10.0. The van der Waals surface area contributed by atoms with Gasteiger partial charge >= 0.3 is 0 Å². The van der Waals surface area contributed by atoms with Gasteiger partial charge in [0.15, 0.2) is 0 Å². The Morgan fingerprint density at radius 1 is 1.38 bits per heavy atom. The SMILES string of the molecule is CC(O)CC(C)NC(=O)[C@H](N)Cc1c[nH]c2ccccc12. The molecule has 0 bridgehead atoms. The molecule has 21 heavy (non-hydrogen) atoms. The number of amides is 1. The maximum Gasteiger partial charge on any atom is 0.237 e. The summed E-state index contributed by atoms with van der Waals surface area (Å²) >= 11 is 0. The third kappa shape index (κ3) is 4.06. The molecular weight excluding hydrogens is 266 g/mol. The Labute approximate surface area is 124 Å². The van der Waals surface area contributed by atoms with Crippen LogP contribution in [0.4, 0.5) is 0 Å². The molecule has 2 unspecified atom stereocenters. The summed E-state index contributed by atoms with van der Waals surface area (Å²) in [5, 5.41) is 13.2. The van der Waals surface area contributed by atoms with Crippen LogP contribution in [0.1, 0.15) is 25.8 Å². The highest BCUT2D eigenvalue weighted by atomic mass is 16.3. The van der Waals surface area contributed by atoms with Gasteiger partial charge in [-0.3, -0.25) is 4.79 Å². The molecular formula is C16H23N3O2. The van der Waals surface area contributed by atoms with Crippen LogP contribution in [0, 0.1) is 0 Å². The Bertz CT molecular complexity index is 606. The minimum absolute atomic E-state index is 0.0912. The van der Waals surface area contributed by atoms with Gasteiger partial charge in [0.05, 0.1) is 12.1 Å². The van der Waals surface area contributed by atoms with Crippen molar-refractivity contribution in [3.8, 4) is 0 Å². The number of hydrogen-bond donors (Lipinski definition) is 4. The van der Waals surface area contributed by atoms with E-state index in [9.17, 15) is 9.90 Å². The molecule has 114 valence electrons. The van der Waals surface area contributed by atoms with Crippen molar-refractivity contribution in [2.24, 2.45) is 5.73 Å². The Hall–Kier alpha value is -1.85. The molecule has 5 N–H and O–H groups in total. The highest BCUT2D eigenvalue weighted by molar-refractivity contribution is 5.86. The smallest absolute Gasteiger partial charge is 0.237 e. The van der Waals surface area contributed by atoms with E-state index in [1.807, 2.05) is 37.4 Å². The number of aromatic nitrogens is 1. The summed E-state index contributed by atoms with van der Waals surface area (Å²) in [5.74, 6) is -0.187. The first-order valence-electron chi connectivity index (χ1n) is 7.26. The van der Waals surface area contributed by atoms with Gasteiger partial charge in [0, 0.05) is 23.1 Å². The second-order valence-electron chi connectivity index (χ2n) is 5.66. The van der Waals surface area contributed by atoms with Gasteiger partial charge in [0.25, 0.3) is 0 Å². The number of fused-ring (bicyclic) bond motifs is 1. The van der Waals surface area contributed by atoms with Gasteiger partial charge in [-0.05, 0) is 38.3 Å². The number of benzene rings is 1. The minimum Gasteiger partial charge on any atom is -0.393 e. The highest BCUT2D eigenvalue weighted by Crippen LogP contribution is 2.18. The monoisotopic (exact) mass is 289 g/mol. The first-order chi connectivity index (χ1) is 9.97. The van der Waals surface area contributed by atoms with Crippen molar-refractivity contribution < 1.29 is 9.90 Å². The van der Waals surface area contributed by atoms with Crippen LogP contribution >= 0.6 is 0 Å². The number of carbonyl (C=O) groups excluding carboxylic acids is 1. The Kier molecular flexibility index (Phi) is 4.98. The lowest BCUT2D eigenvalue weighted by Crippen LogP contribution is -2.46. The summed E-state index contributed by atoms with van der Waals surface area (Å²) in [6, 6.07) is 7.26. The van der Waals surface area contributed by atoms with Gasteiger partial charge in [-0.2, -0.15) is 0 Å². The molecule has 2 rings (SSSR count). The van der Waals surface area contributed by atoms with Crippen molar-refractivity contribution in [3.05, 3.63) is 36.0 Å². The fourth-order valence-electron chi connectivity index (χ4n) is 2.55. The molecule has 0 radical (unpaired) electrons. The van der Waals surface area contributed by atoms with E-state index in [4.69, 9.17) is 5.73 Å². The predicted octanol–water partition coefficient (Wildman–Crippen LogP) is 1.31. The summed E-state index contributed by atoms with van der Waals surface area (Å²) in [5.41, 5.74) is 8.07. The molecule has 1 aromatic heterocycles. The molecule has 0 fully saturated rings. The first-order valence-corrected chi connectivity index (χ1v) is 7.26. The van der Waals surface area contributed by atoms with Crippen LogP contribution in [0.15, 0.2) is 30.5 Å². The number of aliphatic hydroxyl groups is 1. The second-order valence-corrected chi connectivity index (χ2v) is 5.66. The third-order valence-corrected chi connectivity index (χ3v) is 3.53. The number of rotatable bonds is 6. The van der Waals surface area contributed by atoms with Crippen LogP contribution in [0.5, 0.6) is 0 Å². The van der Waals surface area contributed by atoms with E-state index in [0.29, 0.717) is 12.8 Å². The van der Waals surface area contributed by atoms with E-state index in [2.05, 4.69) is 10.3 Å². The fourth-order valence-corrected chi connectivity index (χ4v) is 2.55. The summed E-state index contributed by atoms with van der Waals surface area (Å²) < 4.78 is 0. The van der Waals surface area contributed by atoms with E-state index in [1.165, 1.54) is 0 Å². The van der Waals surface area contributed by atoms with E-state index >= 15 is 0 Å². The number of para-hydroxylation sites is 1. The first kappa shape index (κ1) is 15.5. The molecule has 1 heterocycles. The van der Waals surface area contributed by atoms with E-state index in [0.717, 1.165) is 16.5 Å². The lowest BCUT2D eigenvalue weighted by molar-refractivity contribution is -0.123. The van der Waals surface area contributed by atoms with Crippen molar-refractivity contribution in [3.63, 3.8) is 0 Å². The molecule has 1 amide bonds. The molecule has 2 aromatic rings. The van der Waals surface area contributed by atoms with Crippen LogP contribution in [0.3, 0.4) is 0 Å². The maximum absolute atomic E-state index is 12.1. The van der Waals surface area contributed by atoms with Gasteiger partial charge in [-0.15, -0.1) is 0 Å². The molecule has 0 saturated carbocycles. The summed E-state index contributed by atoms with van der Waals surface area (Å²) in [4.78, 5) is 15.2. The predicted molar refractivity (Wildman–Crippen MR) is 83.9 cm³/mol. The van der Waals surface area contributed by atoms with E-state index in [-0.39, 0.29) is 11.9 Å². The van der Waals surface area contributed by atoms with Crippen LogP contribution in [-0.2, 0) is 11.2 Å². The van der Waals surface area contributed by atoms with E-state index in [1.54, 1.807) is 6.92 Å². The van der Waals surface area contributed by atoms with Crippen LogP contribution in [-0.4, -0.2) is 34.2 Å². The topological polar surface area (TPSA) is 91.1 Å². The quantitative estimate of drug-likeness (QED) is 0.646. The van der Waals surface area contributed by atoms with Gasteiger partial charge in [0.2, 0.25) is 5.91 Å². The van der Waals surface area contributed by atoms with Crippen molar-refractivity contribution in [1.29, 1.82) is 0 Å². The van der Waals surface area contributed by atoms with Gasteiger partial charge < -0.3 is 21.1 Å². The van der Waals surface area contributed by atoms with Gasteiger partial charge in [0.1, 0.15) is 0 Å². The van der Waals surface area contributed by atoms with Crippen LogP contribution in [0.2, 0.25) is 0 Å². The number of nitrogens with one attached hydrogen (secondary N) is 2. The zero-order chi connectivity index (χ0) is 15.4. The zero-order valence-electron chi connectivity index (χ0n) is 12.5. The minimum atomic E-state index is -0.597. The second kappa shape index (κ2) is 6.74. The molecule has 5 heteroatoms. The molecule has 0 aliphatic heterocycles. The molecule has 0 aliphatic rings. The van der Waals surface area contributed by atoms with Crippen molar-refractivity contribution >= 4 is 16.8 Å². The summed E-state index contributed by atoms with van der Waals surface area (Å²) in [6.07, 6.45) is 2.46. The molecule has 1 aromatic carbocycles. The average Bonchev–Trinajstić information content (AvgIpc) is 2.81. The largest absolute Gasteiger partial charge is 0.393 e. The molecule has 0 aliphatic carbocycles. The molecule has 0 saturated heterocycles. The number of hydrogen-bond acceptors (Lipinski definition) is 3. The summed E-state index contributed by atoms with van der Waals surface area (Å²) in [7, 11) is 0. The summed E-state index contributed by atoms with van der Waals surface area (Å²) in [6.45, 7) is 3.57. The van der Waals surface area contributed by atoms with Crippen molar-refractivity contribution in [2.75, 3.05) is 0 Å². The highest BCUT2D eigenvalue weighted by Gasteiger charge is 2.18. The number of H-pyrrole nitrogens is 1. The standard InChI is InChI=1S/C16H23N3O2/c1-10(7-11(2)20)19-16(21)14(17)8-12-9-18-15-6-4-3-5-13(12)15/h3-6,9-11,14,18,20H,7-8,17H2,1-2H3,(H,19,21)/t10?,11?,14-/m1/s1. The van der Waals surface area contributed by atoms with Crippen molar-refractivity contribution in [2.45, 2.75) is 44.9 Å².